The van der Waals surface area contributed by atoms with E-state index in [4.69, 9.17) is 0 Å². The van der Waals surface area contributed by atoms with Crippen molar-refractivity contribution in [3.8, 4) is 0 Å². The standard InChI is InChI=1S/C11H14N2/c1-12-7-9-8-13(2)11-6-4-3-5-10(9)11/h3-6,8,12H,7H2,1-2H3. The van der Waals surface area contributed by atoms with Gasteiger partial charge in [0.15, 0.2) is 0 Å². The number of benzene rings is 1. The van der Waals surface area contributed by atoms with E-state index >= 15 is 0 Å². The smallest absolute Gasteiger partial charge is 0.0481 e. The van der Waals surface area contributed by atoms with E-state index in [9.17, 15) is 0 Å². The molecule has 1 aromatic carbocycles. The Hall–Kier alpha value is -1.28. The topological polar surface area (TPSA) is 17.0 Å². The molecule has 0 radical (unpaired) electrons. The van der Waals surface area contributed by atoms with Crippen molar-refractivity contribution >= 4 is 10.9 Å². The molecular formula is C11H14N2. The van der Waals surface area contributed by atoms with Crippen LogP contribution in [0.4, 0.5) is 0 Å². The number of hydrogen-bond acceptors (Lipinski definition) is 1. The van der Waals surface area contributed by atoms with Crippen molar-refractivity contribution in [3.05, 3.63) is 36.0 Å². The van der Waals surface area contributed by atoms with Gasteiger partial charge in [-0.3, -0.25) is 0 Å². The second kappa shape index (κ2) is 3.23. The van der Waals surface area contributed by atoms with Crippen molar-refractivity contribution in [2.45, 2.75) is 6.54 Å². The van der Waals surface area contributed by atoms with Gasteiger partial charge in [0, 0.05) is 30.7 Å². The number of aromatic nitrogens is 1. The molecular weight excluding hydrogens is 160 g/mol. The number of nitrogens with zero attached hydrogens (tertiary/aromatic N) is 1. The summed E-state index contributed by atoms with van der Waals surface area (Å²) in [6, 6.07) is 8.48. The van der Waals surface area contributed by atoms with Crippen LogP contribution >= 0.6 is 0 Å². The molecule has 0 aliphatic rings. The molecule has 0 aliphatic carbocycles. The Kier molecular flexibility index (Phi) is 2.07. The summed E-state index contributed by atoms with van der Waals surface area (Å²) in [5.74, 6) is 0. The SMILES string of the molecule is CNCc1cn(C)c2ccccc12. The van der Waals surface area contributed by atoms with Crippen LogP contribution in [0.15, 0.2) is 30.5 Å². The molecule has 0 atom stereocenters. The van der Waals surface area contributed by atoms with E-state index in [2.05, 4.69) is 47.4 Å². The van der Waals surface area contributed by atoms with Crippen LogP contribution in [0.25, 0.3) is 10.9 Å². The highest BCUT2D eigenvalue weighted by molar-refractivity contribution is 5.83. The largest absolute Gasteiger partial charge is 0.350 e. The first-order chi connectivity index (χ1) is 6.33. The van der Waals surface area contributed by atoms with Crippen molar-refractivity contribution in [1.29, 1.82) is 0 Å². The van der Waals surface area contributed by atoms with Crippen LogP contribution in [0.5, 0.6) is 0 Å². The summed E-state index contributed by atoms with van der Waals surface area (Å²) in [5.41, 5.74) is 2.66. The van der Waals surface area contributed by atoms with E-state index in [1.807, 2.05) is 7.05 Å². The molecule has 0 aliphatic heterocycles. The maximum Gasteiger partial charge on any atom is 0.0481 e. The van der Waals surface area contributed by atoms with Gasteiger partial charge in [0.25, 0.3) is 0 Å². The molecule has 0 saturated heterocycles. The van der Waals surface area contributed by atoms with Gasteiger partial charge in [0.2, 0.25) is 0 Å². The Balaban J connectivity index is 2.63. The predicted octanol–water partition coefficient (Wildman–Crippen LogP) is 1.90. The van der Waals surface area contributed by atoms with Gasteiger partial charge in [-0.25, -0.2) is 0 Å². The number of nitrogens with one attached hydrogen (secondary N) is 1. The molecule has 0 unspecified atom stereocenters. The minimum atomic E-state index is 0.932. The number of hydrogen-bond donors (Lipinski definition) is 1. The highest BCUT2D eigenvalue weighted by Gasteiger charge is 2.03. The lowest BCUT2D eigenvalue weighted by Crippen LogP contribution is -2.04. The normalized spacial score (nSPS) is 10.9. The maximum absolute atomic E-state index is 3.18. The van der Waals surface area contributed by atoms with Gasteiger partial charge in [0.05, 0.1) is 0 Å². The summed E-state index contributed by atoms with van der Waals surface area (Å²) in [6.45, 7) is 0.932. The fourth-order valence-electron chi connectivity index (χ4n) is 1.76. The molecule has 2 rings (SSSR count). The van der Waals surface area contributed by atoms with E-state index in [0.29, 0.717) is 0 Å². The molecule has 2 heteroatoms. The molecule has 68 valence electrons. The second-order valence-corrected chi connectivity index (χ2v) is 3.31. The zero-order chi connectivity index (χ0) is 9.26. The lowest BCUT2D eigenvalue weighted by atomic mass is 10.2. The number of para-hydroxylation sites is 1. The molecule has 0 fully saturated rings. The van der Waals surface area contributed by atoms with Crippen molar-refractivity contribution in [1.82, 2.24) is 9.88 Å². The first-order valence-corrected chi connectivity index (χ1v) is 4.50. The van der Waals surface area contributed by atoms with E-state index in [-0.39, 0.29) is 0 Å². The van der Waals surface area contributed by atoms with Crippen LogP contribution in [0, 0.1) is 0 Å². The van der Waals surface area contributed by atoms with Gasteiger partial charge >= 0.3 is 0 Å². The Morgan fingerprint density at radius 1 is 1.31 bits per heavy atom. The molecule has 1 N–H and O–H groups in total. The van der Waals surface area contributed by atoms with Crippen LogP contribution in [-0.2, 0) is 13.6 Å². The van der Waals surface area contributed by atoms with E-state index in [0.717, 1.165) is 6.54 Å². The van der Waals surface area contributed by atoms with Gasteiger partial charge in [-0.15, -0.1) is 0 Å². The van der Waals surface area contributed by atoms with Gasteiger partial charge < -0.3 is 9.88 Å². The average Bonchev–Trinajstić information content (AvgIpc) is 2.46. The third-order valence-corrected chi connectivity index (χ3v) is 2.35. The van der Waals surface area contributed by atoms with Crippen LogP contribution in [-0.4, -0.2) is 11.6 Å². The third-order valence-electron chi connectivity index (χ3n) is 2.35. The lowest BCUT2D eigenvalue weighted by Gasteiger charge is -1.95. The molecule has 0 spiro atoms. The van der Waals surface area contributed by atoms with Crippen molar-refractivity contribution in [2.24, 2.45) is 7.05 Å². The van der Waals surface area contributed by atoms with Crippen molar-refractivity contribution < 1.29 is 0 Å². The van der Waals surface area contributed by atoms with Gasteiger partial charge in [-0.1, -0.05) is 18.2 Å². The molecule has 13 heavy (non-hydrogen) atoms. The summed E-state index contributed by atoms with van der Waals surface area (Å²) < 4.78 is 2.17. The zero-order valence-electron chi connectivity index (χ0n) is 8.04. The maximum atomic E-state index is 3.18. The molecule has 0 bridgehead atoms. The van der Waals surface area contributed by atoms with Crippen LogP contribution in [0.3, 0.4) is 0 Å². The average molecular weight is 174 g/mol. The van der Waals surface area contributed by atoms with Gasteiger partial charge in [0.1, 0.15) is 0 Å². The van der Waals surface area contributed by atoms with Crippen LogP contribution in [0.2, 0.25) is 0 Å². The Labute approximate surface area is 78.2 Å². The predicted molar refractivity (Wildman–Crippen MR) is 55.7 cm³/mol. The number of rotatable bonds is 2. The third kappa shape index (κ3) is 1.33. The van der Waals surface area contributed by atoms with Gasteiger partial charge in [-0.05, 0) is 18.7 Å². The fraction of sp³-hybridized carbons (Fsp3) is 0.273. The summed E-state index contributed by atoms with van der Waals surface area (Å²) in [4.78, 5) is 0. The van der Waals surface area contributed by atoms with Gasteiger partial charge in [-0.2, -0.15) is 0 Å². The molecule has 0 saturated carbocycles. The summed E-state index contributed by atoms with van der Waals surface area (Å²) >= 11 is 0. The molecule has 0 amide bonds. The molecule has 2 aromatic rings. The van der Waals surface area contributed by atoms with E-state index in [1.54, 1.807) is 0 Å². The Morgan fingerprint density at radius 2 is 2.08 bits per heavy atom. The van der Waals surface area contributed by atoms with E-state index < -0.39 is 0 Å². The lowest BCUT2D eigenvalue weighted by molar-refractivity contribution is 0.815. The summed E-state index contributed by atoms with van der Waals surface area (Å²) in [6.07, 6.45) is 2.18. The number of aryl methyl sites for hydroxylation is 1. The Bertz CT molecular complexity index is 415. The minimum absolute atomic E-state index is 0.932. The first-order valence-electron chi connectivity index (χ1n) is 4.50. The van der Waals surface area contributed by atoms with E-state index in [1.165, 1.54) is 16.5 Å². The monoisotopic (exact) mass is 174 g/mol. The van der Waals surface area contributed by atoms with Crippen LogP contribution in [0.1, 0.15) is 5.56 Å². The van der Waals surface area contributed by atoms with Crippen LogP contribution < -0.4 is 5.32 Å². The van der Waals surface area contributed by atoms with Crippen molar-refractivity contribution in [2.75, 3.05) is 7.05 Å². The second-order valence-electron chi connectivity index (χ2n) is 3.31. The Morgan fingerprint density at radius 3 is 2.85 bits per heavy atom. The summed E-state index contributed by atoms with van der Waals surface area (Å²) in [7, 11) is 4.06. The molecule has 1 aromatic heterocycles. The number of fused-ring (bicyclic) bond motifs is 1. The summed E-state index contributed by atoms with van der Waals surface area (Å²) in [5, 5.41) is 4.52. The molecule has 1 heterocycles. The zero-order valence-corrected chi connectivity index (χ0v) is 8.04. The minimum Gasteiger partial charge on any atom is -0.350 e. The molecule has 2 nitrogen and oxygen atoms in total. The quantitative estimate of drug-likeness (QED) is 0.735. The van der Waals surface area contributed by atoms with Crippen molar-refractivity contribution in [3.63, 3.8) is 0 Å². The first kappa shape index (κ1) is 8.32. The highest BCUT2D eigenvalue weighted by Crippen LogP contribution is 2.19. The fourth-order valence-corrected chi connectivity index (χ4v) is 1.76. The highest BCUT2D eigenvalue weighted by atomic mass is 14.9.